The Morgan fingerprint density at radius 3 is 2.57 bits per heavy atom. The molecule has 1 aliphatic heterocycles. The summed E-state index contributed by atoms with van der Waals surface area (Å²) in [5.41, 5.74) is 8.29. The van der Waals surface area contributed by atoms with Crippen molar-refractivity contribution in [1.29, 1.82) is 0 Å². The summed E-state index contributed by atoms with van der Waals surface area (Å²) < 4.78 is 0. The monoisotopic (exact) mass is 420 g/mol. The minimum Gasteiger partial charge on any atom is -0.370 e. The predicted molar refractivity (Wildman–Crippen MR) is 105 cm³/mol. The van der Waals surface area contributed by atoms with Crippen LogP contribution < -0.4 is 16.0 Å². The lowest BCUT2D eigenvalue weighted by atomic mass is 10.2. The molecule has 0 radical (unpaired) electrons. The largest absolute Gasteiger partial charge is 0.370 e. The molecule has 1 fully saturated rings. The standard InChI is InChI=1S/C15H24N4S.HI/c1-2-7-17-15(16)18-12-13-3-5-14(6-4-13)19-8-10-20-11-9-19;/h3-6H,2,7-12H2,1H3,(H3,16,17,18);1H. The summed E-state index contributed by atoms with van der Waals surface area (Å²) >= 11 is 2.03. The number of benzene rings is 1. The molecule has 1 aromatic rings. The third-order valence-corrected chi connectivity index (χ3v) is 4.24. The van der Waals surface area contributed by atoms with Crippen molar-refractivity contribution in [2.75, 3.05) is 36.0 Å². The van der Waals surface area contributed by atoms with Crippen molar-refractivity contribution in [2.45, 2.75) is 19.9 Å². The van der Waals surface area contributed by atoms with Crippen LogP contribution in [0.25, 0.3) is 0 Å². The van der Waals surface area contributed by atoms with E-state index in [1.165, 1.54) is 22.8 Å². The van der Waals surface area contributed by atoms with Gasteiger partial charge in [-0.25, -0.2) is 4.99 Å². The van der Waals surface area contributed by atoms with Crippen LogP contribution in [0.15, 0.2) is 29.3 Å². The summed E-state index contributed by atoms with van der Waals surface area (Å²) in [7, 11) is 0. The van der Waals surface area contributed by atoms with E-state index in [0.29, 0.717) is 12.5 Å². The summed E-state index contributed by atoms with van der Waals surface area (Å²) in [6.45, 7) is 5.92. The van der Waals surface area contributed by atoms with Crippen LogP contribution in [-0.4, -0.2) is 37.1 Å². The van der Waals surface area contributed by atoms with Gasteiger partial charge in [0.2, 0.25) is 0 Å². The molecule has 6 heteroatoms. The van der Waals surface area contributed by atoms with E-state index in [0.717, 1.165) is 26.1 Å². The van der Waals surface area contributed by atoms with Gasteiger partial charge in [-0.05, 0) is 24.1 Å². The Morgan fingerprint density at radius 1 is 1.29 bits per heavy atom. The number of halogens is 1. The highest BCUT2D eigenvalue weighted by molar-refractivity contribution is 14.0. The highest BCUT2D eigenvalue weighted by Gasteiger charge is 2.10. The van der Waals surface area contributed by atoms with E-state index in [2.05, 4.69) is 46.4 Å². The quantitative estimate of drug-likeness (QED) is 0.437. The fourth-order valence-electron chi connectivity index (χ4n) is 2.12. The number of nitrogens with zero attached hydrogens (tertiary/aromatic N) is 2. The Bertz CT molecular complexity index is 430. The molecule has 0 aromatic heterocycles. The lowest BCUT2D eigenvalue weighted by Crippen LogP contribution is -2.32. The van der Waals surface area contributed by atoms with Gasteiger partial charge < -0.3 is 16.0 Å². The number of guanidine groups is 1. The highest BCUT2D eigenvalue weighted by atomic mass is 127. The van der Waals surface area contributed by atoms with E-state index >= 15 is 0 Å². The average Bonchev–Trinajstić information content (AvgIpc) is 2.52. The Kier molecular flexibility index (Phi) is 8.91. The first-order valence-corrected chi connectivity index (χ1v) is 8.40. The smallest absolute Gasteiger partial charge is 0.188 e. The summed E-state index contributed by atoms with van der Waals surface area (Å²) in [4.78, 5) is 6.79. The molecule has 3 N–H and O–H groups in total. The topological polar surface area (TPSA) is 53.6 Å². The van der Waals surface area contributed by atoms with Crippen LogP contribution >= 0.6 is 35.7 Å². The molecule has 4 nitrogen and oxygen atoms in total. The van der Waals surface area contributed by atoms with Crippen molar-refractivity contribution in [3.8, 4) is 0 Å². The van der Waals surface area contributed by atoms with Gasteiger partial charge in [0, 0.05) is 36.8 Å². The zero-order valence-electron chi connectivity index (χ0n) is 12.5. The summed E-state index contributed by atoms with van der Waals surface area (Å²) in [6, 6.07) is 8.67. The van der Waals surface area contributed by atoms with E-state index in [1.807, 2.05) is 11.8 Å². The summed E-state index contributed by atoms with van der Waals surface area (Å²) in [6.07, 6.45) is 1.05. The molecule has 0 bridgehead atoms. The van der Waals surface area contributed by atoms with Gasteiger partial charge in [-0.15, -0.1) is 24.0 Å². The van der Waals surface area contributed by atoms with Crippen LogP contribution in [0.5, 0.6) is 0 Å². The number of rotatable bonds is 5. The molecule has 0 unspecified atom stereocenters. The molecule has 1 aliphatic rings. The number of anilines is 1. The van der Waals surface area contributed by atoms with Crippen LogP contribution in [0.3, 0.4) is 0 Å². The predicted octanol–water partition coefficient (Wildman–Crippen LogP) is 2.67. The van der Waals surface area contributed by atoms with Crippen LogP contribution in [-0.2, 0) is 6.54 Å². The van der Waals surface area contributed by atoms with E-state index < -0.39 is 0 Å². The van der Waals surface area contributed by atoms with Crippen LogP contribution in [0, 0.1) is 0 Å². The van der Waals surface area contributed by atoms with Gasteiger partial charge in [-0.2, -0.15) is 11.8 Å². The molecule has 21 heavy (non-hydrogen) atoms. The Balaban J connectivity index is 0.00000220. The lowest BCUT2D eigenvalue weighted by molar-refractivity contribution is 0.825. The second-order valence-electron chi connectivity index (χ2n) is 4.89. The number of nitrogens with two attached hydrogens (primary N) is 1. The zero-order chi connectivity index (χ0) is 14.2. The molecule has 0 amide bonds. The van der Waals surface area contributed by atoms with Gasteiger partial charge in [0.05, 0.1) is 6.54 Å². The van der Waals surface area contributed by atoms with Gasteiger partial charge in [-0.3, -0.25) is 0 Å². The van der Waals surface area contributed by atoms with Crippen molar-refractivity contribution in [3.05, 3.63) is 29.8 Å². The number of aliphatic imine (C=N–C) groups is 1. The average molecular weight is 420 g/mol. The van der Waals surface area contributed by atoms with Crippen molar-refractivity contribution in [2.24, 2.45) is 10.7 Å². The maximum atomic E-state index is 5.78. The summed E-state index contributed by atoms with van der Waals surface area (Å²) in [5, 5.41) is 3.08. The Hall–Kier alpha value is -0.630. The van der Waals surface area contributed by atoms with Crippen LogP contribution in [0.2, 0.25) is 0 Å². The maximum absolute atomic E-state index is 5.78. The van der Waals surface area contributed by atoms with Crippen molar-refractivity contribution < 1.29 is 0 Å². The van der Waals surface area contributed by atoms with Gasteiger partial charge in [0.1, 0.15) is 0 Å². The molecular formula is C15H25IN4S. The molecule has 0 aliphatic carbocycles. The normalized spacial score (nSPS) is 15.5. The zero-order valence-corrected chi connectivity index (χ0v) is 15.7. The fraction of sp³-hybridized carbons (Fsp3) is 0.533. The highest BCUT2D eigenvalue weighted by Crippen LogP contribution is 2.20. The van der Waals surface area contributed by atoms with Gasteiger partial charge >= 0.3 is 0 Å². The first-order valence-electron chi connectivity index (χ1n) is 7.25. The van der Waals surface area contributed by atoms with Crippen molar-refractivity contribution in [3.63, 3.8) is 0 Å². The first kappa shape index (κ1) is 18.4. The Morgan fingerprint density at radius 2 is 1.95 bits per heavy atom. The van der Waals surface area contributed by atoms with Gasteiger partial charge in [0.15, 0.2) is 5.96 Å². The number of hydrogen-bond acceptors (Lipinski definition) is 3. The second-order valence-corrected chi connectivity index (χ2v) is 6.12. The van der Waals surface area contributed by atoms with Gasteiger partial charge in [-0.1, -0.05) is 19.1 Å². The van der Waals surface area contributed by atoms with E-state index in [1.54, 1.807) is 0 Å². The van der Waals surface area contributed by atoms with Crippen LogP contribution in [0.1, 0.15) is 18.9 Å². The second kappa shape index (κ2) is 10.2. The molecule has 1 saturated heterocycles. The minimum absolute atomic E-state index is 0. The first-order chi connectivity index (χ1) is 9.79. The van der Waals surface area contributed by atoms with Gasteiger partial charge in [0.25, 0.3) is 0 Å². The third-order valence-electron chi connectivity index (χ3n) is 3.30. The molecule has 118 valence electrons. The Labute approximate surface area is 149 Å². The fourth-order valence-corrected chi connectivity index (χ4v) is 3.02. The SMILES string of the molecule is CCCNC(N)=NCc1ccc(N2CCSCC2)cc1.I. The van der Waals surface area contributed by atoms with Crippen molar-refractivity contribution >= 4 is 47.4 Å². The molecule has 0 spiro atoms. The molecule has 0 saturated carbocycles. The van der Waals surface area contributed by atoms with Crippen LogP contribution in [0.4, 0.5) is 5.69 Å². The summed E-state index contributed by atoms with van der Waals surface area (Å²) in [5.74, 6) is 2.99. The molecular weight excluding hydrogens is 395 g/mol. The maximum Gasteiger partial charge on any atom is 0.188 e. The minimum atomic E-state index is 0. The van der Waals surface area contributed by atoms with E-state index in [-0.39, 0.29) is 24.0 Å². The molecule has 1 heterocycles. The lowest BCUT2D eigenvalue weighted by Gasteiger charge is -2.28. The molecule has 0 atom stereocenters. The number of hydrogen-bond donors (Lipinski definition) is 2. The third kappa shape index (κ3) is 6.34. The molecule has 1 aromatic carbocycles. The molecule has 2 rings (SSSR count). The number of nitrogens with one attached hydrogen (secondary N) is 1. The van der Waals surface area contributed by atoms with Crippen molar-refractivity contribution in [1.82, 2.24) is 5.32 Å². The van der Waals surface area contributed by atoms with E-state index in [9.17, 15) is 0 Å². The number of thioether (sulfide) groups is 1. The van der Waals surface area contributed by atoms with E-state index in [4.69, 9.17) is 5.73 Å².